The second-order valence-corrected chi connectivity index (χ2v) is 8.34. The number of benzene rings is 2. The third kappa shape index (κ3) is 5.45. The second-order valence-electron chi connectivity index (χ2n) is 5.82. The zero-order valence-electron chi connectivity index (χ0n) is 16.1. The Balaban J connectivity index is 2.19. The van der Waals surface area contributed by atoms with Crippen LogP contribution in [0.1, 0.15) is 6.92 Å². The van der Waals surface area contributed by atoms with Gasteiger partial charge in [-0.25, -0.2) is 8.42 Å². The smallest absolute Gasteiger partial charge is 0.242 e. The predicted molar refractivity (Wildman–Crippen MR) is 111 cm³/mol. The molecule has 2 N–H and O–H groups in total. The van der Waals surface area contributed by atoms with E-state index in [4.69, 9.17) is 37.4 Å². The van der Waals surface area contributed by atoms with Gasteiger partial charge >= 0.3 is 0 Å². The Hall–Kier alpha value is -2.20. The first-order valence-electron chi connectivity index (χ1n) is 8.21. The van der Waals surface area contributed by atoms with Crippen LogP contribution in [-0.2, 0) is 14.8 Å². The summed E-state index contributed by atoms with van der Waals surface area (Å²) in [5.74, 6) is 0.334. The van der Waals surface area contributed by atoms with Crippen LogP contribution in [0.25, 0.3) is 0 Å². The highest BCUT2D eigenvalue weighted by Crippen LogP contribution is 2.36. The summed E-state index contributed by atoms with van der Waals surface area (Å²) in [5, 5.41) is 3.02. The molecule has 0 spiro atoms. The van der Waals surface area contributed by atoms with Crippen LogP contribution in [0.3, 0.4) is 0 Å². The molecule has 0 bridgehead atoms. The van der Waals surface area contributed by atoms with Crippen LogP contribution in [0.15, 0.2) is 35.2 Å². The van der Waals surface area contributed by atoms with Crippen molar-refractivity contribution in [2.75, 3.05) is 26.6 Å². The van der Waals surface area contributed by atoms with E-state index in [1.807, 2.05) is 0 Å². The number of hydrogen-bond donors (Lipinski definition) is 2. The Labute approximate surface area is 179 Å². The van der Waals surface area contributed by atoms with Gasteiger partial charge in [0.15, 0.2) is 0 Å². The van der Waals surface area contributed by atoms with Gasteiger partial charge in [0.2, 0.25) is 15.9 Å². The molecule has 0 saturated heterocycles. The Morgan fingerprint density at radius 3 is 2.07 bits per heavy atom. The molecule has 0 aromatic heterocycles. The summed E-state index contributed by atoms with van der Waals surface area (Å²) >= 11 is 12.0. The average molecular weight is 463 g/mol. The van der Waals surface area contributed by atoms with Crippen molar-refractivity contribution < 1.29 is 27.4 Å². The molecule has 1 atom stereocenters. The van der Waals surface area contributed by atoms with Crippen LogP contribution in [0.5, 0.6) is 17.2 Å². The molecule has 0 aliphatic rings. The lowest BCUT2D eigenvalue weighted by Crippen LogP contribution is -2.41. The maximum Gasteiger partial charge on any atom is 0.242 e. The molecule has 0 saturated carbocycles. The molecule has 0 radical (unpaired) electrons. The minimum Gasteiger partial charge on any atom is -0.495 e. The number of amides is 1. The maximum absolute atomic E-state index is 12.6. The Morgan fingerprint density at radius 1 is 0.931 bits per heavy atom. The highest BCUT2D eigenvalue weighted by Gasteiger charge is 2.24. The van der Waals surface area contributed by atoms with Crippen LogP contribution in [-0.4, -0.2) is 41.7 Å². The first-order valence-corrected chi connectivity index (χ1v) is 10.4. The molecule has 2 rings (SSSR count). The number of nitrogens with one attached hydrogen (secondary N) is 2. The molecule has 8 nitrogen and oxygen atoms in total. The van der Waals surface area contributed by atoms with E-state index in [9.17, 15) is 13.2 Å². The number of anilines is 1. The van der Waals surface area contributed by atoms with E-state index >= 15 is 0 Å². The van der Waals surface area contributed by atoms with Crippen molar-refractivity contribution in [3.63, 3.8) is 0 Å². The molecular formula is C18H20Cl2N2O6S. The molecule has 1 amide bonds. The number of carbonyl (C=O) groups is 1. The first-order chi connectivity index (χ1) is 13.6. The van der Waals surface area contributed by atoms with Crippen LogP contribution < -0.4 is 24.2 Å². The molecular weight excluding hydrogens is 443 g/mol. The highest BCUT2D eigenvalue weighted by atomic mass is 35.5. The molecule has 0 aliphatic carbocycles. The zero-order valence-corrected chi connectivity index (χ0v) is 18.4. The van der Waals surface area contributed by atoms with E-state index in [-0.39, 0.29) is 15.6 Å². The minimum absolute atomic E-state index is 0.103. The first kappa shape index (κ1) is 23.1. The zero-order chi connectivity index (χ0) is 21.8. The normalized spacial score (nSPS) is 12.2. The van der Waals surface area contributed by atoms with Gasteiger partial charge in [-0.05, 0) is 25.1 Å². The number of rotatable bonds is 8. The van der Waals surface area contributed by atoms with Crippen molar-refractivity contribution >= 4 is 44.8 Å². The van der Waals surface area contributed by atoms with Gasteiger partial charge in [0.05, 0.1) is 48.0 Å². The summed E-state index contributed by atoms with van der Waals surface area (Å²) in [6, 6.07) is 5.83. The molecule has 29 heavy (non-hydrogen) atoms. The topological polar surface area (TPSA) is 103 Å². The lowest BCUT2D eigenvalue weighted by molar-refractivity contribution is -0.117. The van der Waals surface area contributed by atoms with Crippen molar-refractivity contribution in [3.05, 3.63) is 40.4 Å². The Kier molecular flexibility index (Phi) is 7.59. The number of hydrogen-bond acceptors (Lipinski definition) is 6. The largest absolute Gasteiger partial charge is 0.495 e. The Bertz CT molecular complexity index is 1010. The standard InChI is InChI=1S/C18H20Cl2N2O6S/c1-10(22-29(24,25)11-5-6-15(26-2)12(19)7-11)18(23)21-14-9-16(27-3)13(20)8-17(14)28-4/h5-10,22H,1-4H3,(H,21,23)/t10-/m1/s1. The van der Waals surface area contributed by atoms with E-state index in [1.165, 1.54) is 58.6 Å². The van der Waals surface area contributed by atoms with Crippen molar-refractivity contribution in [2.45, 2.75) is 17.9 Å². The van der Waals surface area contributed by atoms with Gasteiger partial charge in [-0.15, -0.1) is 0 Å². The SMILES string of the molecule is COc1ccc(S(=O)(=O)N[C@H](C)C(=O)Nc2cc(OC)c(Cl)cc2OC)cc1Cl. The molecule has 0 unspecified atom stereocenters. The lowest BCUT2D eigenvalue weighted by atomic mass is 10.2. The van der Waals surface area contributed by atoms with Crippen molar-refractivity contribution in [1.29, 1.82) is 0 Å². The van der Waals surface area contributed by atoms with E-state index in [0.717, 1.165) is 0 Å². The molecule has 0 aliphatic heterocycles. The second kappa shape index (κ2) is 9.53. The molecule has 0 heterocycles. The van der Waals surface area contributed by atoms with Gasteiger partial charge in [-0.1, -0.05) is 23.2 Å². The summed E-state index contributed by atoms with van der Waals surface area (Å²) in [4.78, 5) is 12.4. The fourth-order valence-electron chi connectivity index (χ4n) is 2.37. The average Bonchev–Trinajstić information content (AvgIpc) is 2.68. The van der Waals surface area contributed by atoms with Crippen molar-refractivity contribution in [2.24, 2.45) is 0 Å². The monoisotopic (exact) mass is 462 g/mol. The van der Waals surface area contributed by atoms with Gasteiger partial charge < -0.3 is 19.5 Å². The third-order valence-electron chi connectivity index (χ3n) is 3.89. The summed E-state index contributed by atoms with van der Waals surface area (Å²) < 4.78 is 42.7. The van der Waals surface area contributed by atoms with Gasteiger partial charge in [-0.2, -0.15) is 4.72 Å². The molecule has 11 heteroatoms. The maximum atomic E-state index is 12.6. The van der Waals surface area contributed by atoms with Gasteiger partial charge in [-0.3, -0.25) is 4.79 Å². The summed E-state index contributed by atoms with van der Waals surface area (Å²) in [7, 11) is 0.246. The summed E-state index contributed by atoms with van der Waals surface area (Å²) in [6.45, 7) is 1.40. The Morgan fingerprint density at radius 2 is 1.52 bits per heavy atom. The molecule has 2 aromatic carbocycles. The van der Waals surface area contributed by atoms with Crippen LogP contribution in [0, 0.1) is 0 Å². The summed E-state index contributed by atoms with van der Waals surface area (Å²) in [6.07, 6.45) is 0. The number of methoxy groups -OCH3 is 3. The van der Waals surface area contributed by atoms with E-state index in [0.29, 0.717) is 22.3 Å². The molecule has 158 valence electrons. The fourth-order valence-corrected chi connectivity index (χ4v) is 4.15. The molecule has 2 aromatic rings. The quantitative estimate of drug-likeness (QED) is 0.623. The fraction of sp³-hybridized carbons (Fsp3) is 0.278. The van der Waals surface area contributed by atoms with E-state index < -0.39 is 22.0 Å². The predicted octanol–water partition coefficient (Wildman–Crippen LogP) is 3.32. The van der Waals surface area contributed by atoms with Gasteiger partial charge in [0.1, 0.15) is 17.2 Å². The minimum atomic E-state index is -4.01. The lowest BCUT2D eigenvalue weighted by Gasteiger charge is -2.17. The van der Waals surface area contributed by atoms with Crippen LogP contribution >= 0.6 is 23.2 Å². The van der Waals surface area contributed by atoms with Gasteiger partial charge in [0, 0.05) is 12.1 Å². The number of ether oxygens (including phenoxy) is 3. The molecule has 0 fully saturated rings. The third-order valence-corrected chi connectivity index (χ3v) is 6.02. The van der Waals surface area contributed by atoms with E-state index in [2.05, 4.69) is 10.0 Å². The van der Waals surface area contributed by atoms with E-state index in [1.54, 1.807) is 0 Å². The number of sulfonamides is 1. The van der Waals surface area contributed by atoms with Crippen LogP contribution in [0.2, 0.25) is 10.0 Å². The summed E-state index contributed by atoms with van der Waals surface area (Å²) in [5.41, 5.74) is 0.275. The van der Waals surface area contributed by atoms with Gasteiger partial charge in [0.25, 0.3) is 0 Å². The number of halogens is 2. The highest BCUT2D eigenvalue weighted by molar-refractivity contribution is 7.89. The van der Waals surface area contributed by atoms with Crippen molar-refractivity contribution in [3.8, 4) is 17.2 Å². The van der Waals surface area contributed by atoms with Crippen molar-refractivity contribution in [1.82, 2.24) is 4.72 Å². The number of carbonyl (C=O) groups excluding carboxylic acids is 1. The van der Waals surface area contributed by atoms with Crippen LogP contribution in [0.4, 0.5) is 5.69 Å².